The Morgan fingerprint density at radius 3 is 2.31 bits per heavy atom. The summed E-state index contributed by atoms with van der Waals surface area (Å²) in [6.45, 7) is 9.44. The largest absolute Gasteiger partial charge is 0.508 e. The van der Waals surface area contributed by atoms with Crippen LogP contribution in [0.1, 0.15) is 18.1 Å². The lowest BCUT2D eigenvalue weighted by Gasteiger charge is -2.38. The van der Waals surface area contributed by atoms with E-state index < -0.39 is 0 Å². The highest BCUT2D eigenvalue weighted by Crippen LogP contribution is 2.21. The Balaban J connectivity index is 1.56. The van der Waals surface area contributed by atoms with Gasteiger partial charge >= 0.3 is 0 Å². The molecule has 0 aliphatic carbocycles. The third-order valence-corrected chi connectivity index (χ3v) is 5.10. The summed E-state index contributed by atoms with van der Waals surface area (Å²) in [7, 11) is 0. The maximum atomic E-state index is 12.6. The molecule has 26 heavy (non-hydrogen) atoms. The topological polar surface area (TPSA) is 55.8 Å². The van der Waals surface area contributed by atoms with E-state index in [1.165, 1.54) is 5.56 Å². The molecular weight excluding hydrogens is 326 g/mol. The molecule has 2 aromatic rings. The highest BCUT2D eigenvalue weighted by atomic mass is 16.3. The lowest BCUT2D eigenvalue weighted by molar-refractivity contribution is -0.120. The molecule has 0 aromatic heterocycles. The number of phenolic OH excluding ortho intramolecular Hbond substituents is 1. The molecule has 1 heterocycles. The van der Waals surface area contributed by atoms with Crippen molar-refractivity contribution in [1.29, 1.82) is 0 Å². The summed E-state index contributed by atoms with van der Waals surface area (Å²) in [5.74, 6) is 0.319. The molecule has 0 saturated carbocycles. The number of aryl methyl sites for hydroxylation is 2. The molecule has 2 aromatic carbocycles. The van der Waals surface area contributed by atoms with Crippen LogP contribution in [0.5, 0.6) is 5.75 Å². The van der Waals surface area contributed by atoms with Gasteiger partial charge in [-0.15, -0.1) is 0 Å². The van der Waals surface area contributed by atoms with Crippen LogP contribution in [-0.4, -0.2) is 48.1 Å². The number of carbonyl (C=O) groups excluding carboxylic acids is 1. The molecule has 0 spiro atoms. The van der Waals surface area contributed by atoms with Gasteiger partial charge in [-0.25, -0.2) is 0 Å². The van der Waals surface area contributed by atoms with Gasteiger partial charge in [0.05, 0.1) is 6.04 Å². The number of anilines is 2. The number of nitrogens with one attached hydrogen (secondary N) is 1. The van der Waals surface area contributed by atoms with Crippen LogP contribution in [0, 0.1) is 13.8 Å². The van der Waals surface area contributed by atoms with E-state index >= 15 is 0 Å². The number of aromatic hydroxyl groups is 1. The Hall–Kier alpha value is -2.53. The predicted octanol–water partition coefficient (Wildman–Crippen LogP) is 3.16. The SMILES string of the molecule is Cc1ccc(NC(=O)[C@H](C)N2CCN(c3ccc(O)cc3)CC2)c(C)c1. The predicted molar refractivity (Wildman–Crippen MR) is 106 cm³/mol. The third kappa shape index (κ3) is 4.17. The molecule has 2 N–H and O–H groups in total. The van der Waals surface area contributed by atoms with Crippen molar-refractivity contribution in [3.63, 3.8) is 0 Å². The van der Waals surface area contributed by atoms with E-state index in [4.69, 9.17) is 0 Å². The van der Waals surface area contributed by atoms with Crippen LogP contribution in [0.3, 0.4) is 0 Å². The summed E-state index contributed by atoms with van der Waals surface area (Å²) < 4.78 is 0. The van der Waals surface area contributed by atoms with E-state index in [2.05, 4.69) is 28.1 Å². The number of hydrogen-bond acceptors (Lipinski definition) is 4. The number of piperazine rings is 1. The number of carbonyl (C=O) groups is 1. The standard InChI is InChI=1S/C21H27N3O2/c1-15-4-9-20(16(2)14-15)22-21(26)17(3)23-10-12-24(13-11-23)18-5-7-19(25)8-6-18/h4-9,14,17,25H,10-13H2,1-3H3,(H,22,26)/t17-/m0/s1. The van der Waals surface area contributed by atoms with E-state index in [0.717, 1.165) is 43.1 Å². The quantitative estimate of drug-likeness (QED) is 0.887. The van der Waals surface area contributed by atoms with Crippen LogP contribution >= 0.6 is 0 Å². The first-order valence-corrected chi connectivity index (χ1v) is 9.10. The molecule has 1 aliphatic heterocycles. The number of hydrogen-bond donors (Lipinski definition) is 2. The van der Waals surface area contributed by atoms with E-state index in [-0.39, 0.29) is 17.7 Å². The monoisotopic (exact) mass is 353 g/mol. The average Bonchev–Trinajstić information content (AvgIpc) is 2.64. The van der Waals surface area contributed by atoms with Crippen molar-refractivity contribution in [2.24, 2.45) is 0 Å². The second kappa shape index (κ2) is 7.79. The minimum absolute atomic E-state index is 0.0371. The Morgan fingerprint density at radius 2 is 1.69 bits per heavy atom. The van der Waals surface area contributed by atoms with Gasteiger partial charge in [0.25, 0.3) is 0 Å². The van der Waals surface area contributed by atoms with Crippen molar-refractivity contribution >= 4 is 17.3 Å². The zero-order valence-electron chi connectivity index (χ0n) is 15.7. The van der Waals surface area contributed by atoms with Gasteiger partial charge in [-0.3, -0.25) is 9.69 Å². The maximum absolute atomic E-state index is 12.6. The van der Waals surface area contributed by atoms with Gasteiger partial charge in [0, 0.05) is 37.6 Å². The molecule has 1 saturated heterocycles. The summed E-state index contributed by atoms with van der Waals surface area (Å²) in [5, 5.41) is 12.5. The van der Waals surface area contributed by atoms with Gasteiger partial charge in [0.15, 0.2) is 0 Å². The van der Waals surface area contributed by atoms with Crippen molar-refractivity contribution in [2.45, 2.75) is 26.8 Å². The molecule has 1 atom stereocenters. The average molecular weight is 353 g/mol. The molecule has 0 radical (unpaired) electrons. The van der Waals surface area contributed by atoms with E-state index in [0.29, 0.717) is 0 Å². The zero-order valence-corrected chi connectivity index (χ0v) is 15.7. The van der Waals surface area contributed by atoms with Crippen LogP contribution in [0.15, 0.2) is 42.5 Å². The smallest absolute Gasteiger partial charge is 0.241 e. The van der Waals surface area contributed by atoms with Gasteiger partial charge in [-0.05, 0) is 56.7 Å². The van der Waals surface area contributed by atoms with E-state index in [9.17, 15) is 9.90 Å². The molecular formula is C21H27N3O2. The molecule has 0 bridgehead atoms. The molecule has 1 amide bonds. The number of amides is 1. The highest BCUT2D eigenvalue weighted by molar-refractivity contribution is 5.95. The van der Waals surface area contributed by atoms with Gasteiger partial charge in [0.1, 0.15) is 5.75 Å². The molecule has 1 aliphatic rings. The lowest BCUT2D eigenvalue weighted by atomic mass is 10.1. The number of rotatable bonds is 4. The summed E-state index contributed by atoms with van der Waals surface area (Å²) in [6.07, 6.45) is 0. The second-order valence-corrected chi connectivity index (χ2v) is 7.02. The zero-order chi connectivity index (χ0) is 18.7. The summed E-state index contributed by atoms with van der Waals surface area (Å²) >= 11 is 0. The maximum Gasteiger partial charge on any atom is 0.241 e. The fourth-order valence-electron chi connectivity index (χ4n) is 3.39. The normalized spacial score (nSPS) is 16.3. The number of nitrogens with zero attached hydrogens (tertiary/aromatic N) is 2. The van der Waals surface area contributed by atoms with Crippen molar-refractivity contribution in [3.8, 4) is 5.75 Å². The molecule has 0 unspecified atom stereocenters. The van der Waals surface area contributed by atoms with Crippen LogP contribution in [0.25, 0.3) is 0 Å². The van der Waals surface area contributed by atoms with Gasteiger partial charge in [-0.1, -0.05) is 17.7 Å². The van der Waals surface area contributed by atoms with Gasteiger partial charge in [-0.2, -0.15) is 0 Å². The minimum atomic E-state index is -0.169. The fourth-order valence-corrected chi connectivity index (χ4v) is 3.39. The second-order valence-electron chi connectivity index (χ2n) is 7.02. The highest BCUT2D eigenvalue weighted by Gasteiger charge is 2.26. The molecule has 138 valence electrons. The third-order valence-electron chi connectivity index (χ3n) is 5.10. The van der Waals surface area contributed by atoms with Crippen molar-refractivity contribution in [3.05, 3.63) is 53.6 Å². The van der Waals surface area contributed by atoms with Crippen molar-refractivity contribution in [2.75, 3.05) is 36.4 Å². The summed E-state index contributed by atoms with van der Waals surface area (Å²) in [5.41, 5.74) is 4.27. The van der Waals surface area contributed by atoms with E-state index in [1.807, 2.05) is 38.1 Å². The summed E-state index contributed by atoms with van der Waals surface area (Å²) in [4.78, 5) is 17.1. The van der Waals surface area contributed by atoms with Gasteiger partial charge < -0.3 is 15.3 Å². The first kappa shape index (κ1) is 18.3. The van der Waals surface area contributed by atoms with Crippen LogP contribution in [0.2, 0.25) is 0 Å². The molecule has 5 heteroatoms. The Bertz CT molecular complexity index is 765. The number of benzene rings is 2. The van der Waals surface area contributed by atoms with Crippen LogP contribution < -0.4 is 10.2 Å². The van der Waals surface area contributed by atoms with Crippen LogP contribution in [-0.2, 0) is 4.79 Å². The van der Waals surface area contributed by atoms with E-state index in [1.54, 1.807) is 12.1 Å². The van der Waals surface area contributed by atoms with Crippen LogP contribution in [0.4, 0.5) is 11.4 Å². The first-order chi connectivity index (χ1) is 12.4. The molecule has 3 rings (SSSR count). The fraction of sp³-hybridized carbons (Fsp3) is 0.381. The van der Waals surface area contributed by atoms with Crippen molar-refractivity contribution in [1.82, 2.24) is 4.90 Å². The van der Waals surface area contributed by atoms with Gasteiger partial charge in [0.2, 0.25) is 5.91 Å². The Kier molecular flexibility index (Phi) is 5.47. The molecule has 1 fully saturated rings. The number of phenols is 1. The first-order valence-electron chi connectivity index (χ1n) is 9.10. The Morgan fingerprint density at radius 1 is 1.04 bits per heavy atom. The minimum Gasteiger partial charge on any atom is -0.508 e. The molecule has 5 nitrogen and oxygen atoms in total. The lowest BCUT2D eigenvalue weighted by Crippen LogP contribution is -2.52. The Labute approximate surface area is 155 Å². The van der Waals surface area contributed by atoms with Crippen molar-refractivity contribution < 1.29 is 9.90 Å². The summed E-state index contributed by atoms with van der Waals surface area (Å²) in [6, 6.07) is 13.2.